The molecule has 6 heteroatoms. The van der Waals surface area contributed by atoms with Gasteiger partial charge in [0.05, 0.1) is 18.1 Å². The van der Waals surface area contributed by atoms with Crippen molar-refractivity contribution in [2.75, 3.05) is 19.5 Å². The molecule has 5 nitrogen and oxygen atoms in total. The maximum atomic E-state index is 12.6. The van der Waals surface area contributed by atoms with Gasteiger partial charge in [-0.25, -0.2) is 8.42 Å². The summed E-state index contributed by atoms with van der Waals surface area (Å²) in [6.07, 6.45) is 12.9. The molecule has 2 aliphatic rings. The van der Waals surface area contributed by atoms with E-state index >= 15 is 0 Å². The van der Waals surface area contributed by atoms with Gasteiger partial charge in [-0.1, -0.05) is 100 Å². The van der Waals surface area contributed by atoms with Crippen LogP contribution in [0.1, 0.15) is 133 Å². The normalized spacial score (nSPS) is 14.4. The molecule has 0 saturated heterocycles. The number of aryl methyl sites for hydroxylation is 2. The topological polar surface area (TPSA) is 69.7 Å². The van der Waals surface area contributed by atoms with Crippen LogP contribution in [0.4, 0.5) is 0 Å². The summed E-state index contributed by atoms with van der Waals surface area (Å²) in [5, 5.41) is 0. The smallest absolute Gasteiger partial charge is 0.175 e. The summed E-state index contributed by atoms with van der Waals surface area (Å²) in [6.45, 7) is 15.9. The number of hydrogen-bond acceptors (Lipinski definition) is 5. The molecule has 0 N–H and O–H groups in total. The van der Waals surface area contributed by atoms with Crippen molar-refractivity contribution in [3.8, 4) is 11.5 Å². The number of benzene rings is 3. The monoisotopic (exact) mass is 702 g/mol. The van der Waals surface area contributed by atoms with Crippen molar-refractivity contribution in [2.24, 2.45) is 5.92 Å². The minimum absolute atomic E-state index is 0.00885. The Bertz CT molecular complexity index is 1600. The fraction of sp³-hybridized carbons (Fsp3) is 0.523. The van der Waals surface area contributed by atoms with Crippen molar-refractivity contribution >= 4 is 15.6 Å². The molecule has 2 aliphatic carbocycles. The number of carbonyl (C=O) groups is 1. The van der Waals surface area contributed by atoms with E-state index in [0.29, 0.717) is 23.9 Å². The van der Waals surface area contributed by atoms with Crippen molar-refractivity contribution < 1.29 is 22.7 Å². The van der Waals surface area contributed by atoms with Gasteiger partial charge in [0, 0.05) is 24.5 Å². The minimum atomic E-state index is -3.02. The Morgan fingerprint density at radius 3 is 1.98 bits per heavy atom. The van der Waals surface area contributed by atoms with Crippen LogP contribution < -0.4 is 9.47 Å². The Kier molecular flexibility index (Phi) is 16.8. The first kappa shape index (κ1) is 41.0. The zero-order valence-corrected chi connectivity index (χ0v) is 32.8. The van der Waals surface area contributed by atoms with Crippen LogP contribution >= 0.6 is 0 Å². The molecular formula is C44H62O5S. The zero-order valence-electron chi connectivity index (χ0n) is 32.0. The van der Waals surface area contributed by atoms with Gasteiger partial charge in [-0.05, 0) is 112 Å². The van der Waals surface area contributed by atoms with Crippen LogP contribution in [0.3, 0.4) is 0 Å². The minimum Gasteiger partial charge on any atom is -0.493 e. The fourth-order valence-electron chi connectivity index (χ4n) is 5.94. The van der Waals surface area contributed by atoms with Crippen molar-refractivity contribution in [3.05, 3.63) is 100 Å². The first-order valence-corrected chi connectivity index (χ1v) is 20.7. The Morgan fingerprint density at radius 1 is 0.860 bits per heavy atom. The molecule has 274 valence electrons. The highest BCUT2D eigenvalue weighted by Gasteiger charge is 2.22. The van der Waals surface area contributed by atoms with Gasteiger partial charge in [-0.15, -0.1) is 0 Å². The van der Waals surface area contributed by atoms with E-state index in [2.05, 4.69) is 45.9 Å². The first-order chi connectivity index (χ1) is 23.8. The Balaban J connectivity index is 0.000000322. The van der Waals surface area contributed by atoms with Crippen molar-refractivity contribution in [3.63, 3.8) is 0 Å². The van der Waals surface area contributed by atoms with E-state index in [9.17, 15) is 13.2 Å². The third-order valence-electron chi connectivity index (χ3n) is 9.42. The van der Waals surface area contributed by atoms with E-state index in [4.69, 9.17) is 9.47 Å². The summed E-state index contributed by atoms with van der Waals surface area (Å²) in [5.74, 6) is 3.01. The molecule has 3 aromatic carbocycles. The van der Waals surface area contributed by atoms with E-state index in [0.717, 1.165) is 60.6 Å². The lowest BCUT2D eigenvalue weighted by molar-refractivity contribution is -0.123. The van der Waals surface area contributed by atoms with Gasteiger partial charge in [0.25, 0.3) is 0 Å². The molecule has 1 atom stereocenters. The Hall–Kier alpha value is -3.38. The zero-order chi connectivity index (χ0) is 36.7. The Morgan fingerprint density at radius 2 is 1.50 bits per heavy atom. The average Bonchev–Trinajstić information content (AvgIpc) is 3.91. The van der Waals surface area contributed by atoms with Crippen molar-refractivity contribution in [1.82, 2.24) is 0 Å². The largest absolute Gasteiger partial charge is 0.493 e. The molecule has 0 radical (unpaired) electrons. The lowest BCUT2D eigenvalue weighted by Gasteiger charge is -2.26. The number of Topliss-reactive ketones (excluding diaryl/α,β-unsaturated/α-hetero) is 1. The number of ketones is 1. The van der Waals surface area contributed by atoms with Crippen molar-refractivity contribution in [1.29, 1.82) is 0 Å². The fourth-order valence-corrected chi connectivity index (χ4v) is 6.57. The second-order valence-corrected chi connectivity index (χ2v) is 16.5. The van der Waals surface area contributed by atoms with Crippen LogP contribution in [0.25, 0.3) is 0 Å². The lowest BCUT2D eigenvalue weighted by Crippen LogP contribution is -2.18. The molecule has 2 fully saturated rings. The number of rotatable bonds is 15. The summed E-state index contributed by atoms with van der Waals surface area (Å²) >= 11 is 0. The predicted octanol–water partition coefficient (Wildman–Crippen LogP) is 11.4. The summed E-state index contributed by atoms with van der Waals surface area (Å²) in [5.41, 5.74) is 8.21. The van der Waals surface area contributed by atoms with Crippen LogP contribution in [0.2, 0.25) is 0 Å². The maximum absolute atomic E-state index is 12.6. The Labute approximate surface area is 303 Å². The van der Waals surface area contributed by atoms with E-state index in [1.54, 1.807) is 29.8 Å². The highest BCUT2D eigenvalue weighted by molar-refractivity contribution is 7.90. The highest BCUT2D eigenvalue weighted by Crippen LogP contribution is 2.38. The molecule has 1 unspecified atom stereocenters. The van der Waals surface area contributed by atoms with E-state index < -0.39 is 9.84 Å². The van der Waals surface area contributed by atoms with Crippen LogP contribution in [-0.2, 0) is 21.1 Å². The van der Waals surface area contributed by atoms with Gasteiger partial charge in [-0.2, -0.15) is 0 Å². The van der Waals surface area contributed by atoms with E-state index in [1.807, 2.05) is 45.0 Å². The molecule has 2 saturated carbocycles. The second kappa shape index (κ2) is 20.5. The molecule has 0 aliphatic heterocycles. The van der Waals surface area contributed by atoms with Gasteiger partial charge < -0.3 is 9.47 Å². The third kappa shape index (κ3) is 13.7. The van der Waals surface area contributed by atoms with Gasteiger partial charge in [0.15, 0.2) is 9.84 Å². The molecule has 0 spiro atoms. The second-order valence-electron chi connectivity index (χ2n) is 14.5. The molecule has 5 rings (SSSR count). The van der Waals surface area contributed by atoms with Gasteiger partial charge in [0.2, 0.25) is 0 Å². The van der Waals surface area contributed by atoms with E-state index in [1.165, 1.54) is 55.1 Å². The molecule has 0 heterocycles. The molecule has 0 amide bonds. The lowest BCUT2D eigenvalue weighted by atomic mass is 9.79. The summed E-state index contributed by atoms with van der Waals surface area (Å²) in [7, 11) is -3.02. The van der Waals surface area contributed by atoms with Crippen LogP contribution in [-0.4, -0.2) is 33.7 Å². The third-order valence-corrected chi connectivity index (χ3v) is 10.6. The van der Waals surface area contributed by atoms with Gasteiger partial charge in [-0.3, -0.25) is 4.79 Å². The number of ether oxygens (including phenoxy) is 2. The molecule has 50 heavy (non-hydrogen) atoms. The van der Waals surface area contributed by atoms with Crippen LogP contribution in [0.5, 0.6) is 11.5 Å². The van der Waals surface area contributed by atoms with E-state index in [-0.39, 0.29) is 11.8 Å². The summed E-state index contributed by atoms with van der Waals surface area (Å²) < 4.78 is 33.9. The quantitative estimate of drug-likeness (QED) is 0.116. The molecule has 3 aromatic rings. The van der Waals surface area contributed by atoms with Crippen LogP contribution in [0.15, 0.2) is 82.8 Å². The average molecular weight is 703 g/mol. The molecule has 0 aromatic heterocycles. The first-order valence-electron chi connectivity index (χ1n) is 18.8. The standard InChI is InChI=1S/C30H42O3.C8H10O2S.C6H10/c1-5-9-26-21-25(23-11-7-12-23)15-18-29(26)33-20-8-19-32-27-16-13-24(14-17-27)28(10-6-2)30(31)22(3)4;1-7-3-5-8(6-4-7)11(2,9)10;1-5(2)6-3-4-6/h13-18,21-23,28H,5-12,19-20H2,1-4H3;3-6H,1-2H3;3-4H2,1-2H3. The summed E-state index contributed by atoms with van der Waals surface area (Å²) in [4.78, 5) is 12.9. The van der Waals surface area contributed by atoms with Gasteiger partial charge in [0.1, 0.15) is 17.3 Å². The number of hydrogen-bond donors (Lipinski definition) is 0. The number of allylic oxidation sites excluding steroid dienone is 2. The highest BCUT2D eigenvalue weighted by atomic mass is 32.2. The predicted molar refractivity (Wildman–Crippen MR) is 208 cm³/mol. The van der Waals surface area contributed by atoms with Crippen molar-refractivity contribution in [2.45, 2.75) is 129 Å². The van der Waals surface area contributed by atoms with Crippen LogP contribution in [0, 0.1) is 12.8 Å². The summed E-state index contributed by atoms with van der Waals surface area (Å²) in [6, 6.07) is 21.7. The SMILES string of the molecule is CC(C)=C1CC1.CCCc1cc(C2CCC2)ccc1OCCCOc1ccc(C(CCC)C(=O)C(C)C)cc1.Cc1ccc(S(C)(=O)=O)cc1. The maximum Gasteiger partial charge on any atom is 0.175 e. The molecular weight excluding hydrogens is 641 g/mol. The van der Waals surface area contributed by atoms with Gasteiger partial charge >= 0.3 is 0 Å². The number of carbonyl (C=O) groups excluding carboxylic acids is 1. The number of sulfone groups is 1. The molecule has 0 bridgehead atoms.